The van der Waals surface area contributed by atoms with E-state index in [-0.39, 0.29) is 0 Å². The van der Waals surface area contributed by atoms with Crippen molar-refractivity contribution in [2.24, 2.45) is 0 Å². The van der Waals surface area contributed by atoms with Crippen LogP contribution in [0.1, 0.15) is 0 Å². The summed E-state index contributed by atoms with van der Waals surface area (Å²) in [5.74, 6) is 0. The average molecular weight is 850 g/mol. The molecule has 0 aliphatic heterocycles. The summed E-state index contributed by atoms with van der Waals surface area (Å²) in [6.07, 6.45) is 2.36. The van der Waals surface area contributed by atoms with E-state index >= 15 is 0 Å². The molecule has 0 spiro atoms. The molecular formula is C66H43N. The molecule has 312 valence electrons. The number of nitrogens with zero attached hydrogens (tertiary/aromatic N) is 1. The first-order chi connectivity index (χ1) is 33.2. The molecule has 1 nitrogen and oxygen atoms in total. The highest BCUT2D eigenvalue weighted by molar-refractivity contribution is 6.04. The van der Waals surface area contributed by atoms with Crippen molar-refractivity contribution < 1.29 is 0 Å². The maximum Gasteiger partial charge on any atom is 0.0535 e. The first kappa shape index (κ1) is 38.7. The van der Waals surface area contributed by atoms with Crippen molar-refractivity contribution >= 4 is 54.0 Å². The van der Waals surface area contributed by atoms with Gasteiger partial charge in [-0.25, -0.2) is 0 Å². The molecule has 12 aromatic carbocycles. The second-order valence-electron chi connectivity index (χ2n) is 17.7. The quantitative estimate of drug-likeness (QED) is 0.151. The number of aromatic nitrogens is 1. The summed E-state index contributed by atoms with van der Waals surface area (Å²) in [5, 5.41) is 11.2. The molecule has 1 heteroatoms. The molecule has 1 aromatic heterocycles. The summed E-state index contributed by atoms with van der Waals surface area (Å²) in [5.41, 5.74) is 16.7. The van der Waals surface area contributed by atoms with Gasteiger partial charge in [0.15, 0.2) is 0 Å². The van der Waals surface area contributed by atoms with E-state index in [1.54, 1.807) is 0 Å². The molecule has 0 atom stereocenters. The topological polar surface area (TPSA) is 4.93 Å². The van der Waals surface area contributed by atoms with Gasteiger partial charge in [-0.3, -0.25) is 0 Å². The SMILES string of the molecule is c1ccc2c(-c3ccc(-c4ccc5c(c4)c(-c4ccc(-c6cccc7ccccc67)cc4)cn5-c4cc(-c5cccc6ccccc56)cc(-c5cccc6ccccc56)c4)cc3)cccc2c1. The Hall–Kier alpha value is -8.78. The van der Waals surface area contributed by atoms with Crippen LogP contribution in [0.4, 0.5) is 0 Å². The Morgan fingerprint density at radius 3 is 0.985 bits per heavy atom. The van der Waals surface area contributed by atoms with Gasteiger partial charge >= 0.3 is 0 Å². The van der Waals surface area contributed by atoms with Crippen LogP contribution in [0.5, 0.6) is 0 Å². The predicted molar refractivity (Wildman–Crippen MR) is 286 cm³/mol. The van der Waals surface area contributed by atoms with Crippen molar-refractivity contribution in [3.05, 3.63) is 261 Å². The van der Waals surface area contributed by atoms with E-state index in [9.17, 15) is 0 Å². The van der Waals surface area contributed by atoms with Gasteiger partial charge in [0.25, 0.3) is 0 Å². The highest BCUT2D eigenvalue weighted by Crippen LogP contribution is 2.41. The van der Waals surface area contributed by atoms with Crippen LogP contribution < -0.4 is 0 Å². The van der Waals surface area contributed by atoms with Crippen molar-refractivity contribution in [2.75, 3.05) is 0 Å². The summed E-state index contributed by atoms with van der Waals surface area (Å²) in [6, 6.07) is 93.6. The maximum atomic E-state index is 2.42. The smallest absolute Gasteiger partial charge is 0.0535 e. The number of hydrogen-bond donors (Lipinski definition) is 0. The predicted octanol–water partition coefficient (Wildman–Crippen LogP) is 18.2. The second-order valence-corrected chi connectivity index (χ2v) is 17.7. The second kappa shape index (κ2) is 16.0. The third-order valence-corrected chi connectivity index (χ3v) is 13.8. The Kier molecular flexibility index (Phi) is 9.25. The van der Waals surface area contributed by atoms with Crippen molar-refractivity contribution in [3.8, 4) is 72.4 Å². The normalized spacial score (nSPS) is 11.6. The molecule has 0 unspecified atom stereocenters. The molecule has 0 saturated carbocycles. The Morgan fingerprint density at radius 2 is 0.552 bits per heavy atom. The van der Waals surface area contributed by atoms with Gasteiger partial charge in [-0.15, -0.1) is 0 Å². The number of fused-ring (bicyclic) bond motifs is 5. The zero-order valence-electron chi connectivity index (χ0n) is 36.8. The third-order valence-electron chi connectivity index (χ3n) is 13.8. The summed E-state index contributed by atoms with van der Waals surface area (Å²) in [7, 11) is 0. The van der Waals surface area contributed by atoms with Crippen LogP contribution >= 0.6 is 0 Å². The maximum absolute atomic E-state index is 2.42. The van der Waals surface area contributed by atoms with Gasteiger partial charge in [-0.1, -0.05) is 224 Å². The summed E-state index contributed by atoms with van der Waals surface area (Å²) >= 11 is 0. The number of benzene rings is 12. The summed E-state index contributed by atoms with van der Waals surface area (Å²) in [6.45, 7) is 0. The molecular weight excluding hydrogens is 807 g/mol. The fourth-order valence-electron chi connectivity index (χ4n) is 10.5. The van der Waals surface area contributed by atoms with Gasteiger partial charge in [0, 0.05) is 22.8 Å². The van der Waals surface area contributed by atoms with Crippen LogP contribution in [0, 0.1) is 0 Å². The van der Waals surface area contributed by atoms with Gasteiger partial charge in [0.1, 0.15) is 0 Å². The van der Waals surface area contributed by atoms with Gasteiger partial charge in [-0.2, -0.15) is 0 Å². The van der Waals surface area contributed by atoms with E-state index in [0.29, 0.717) is 0 Å². The fourth-order valence-corrected chi connectivity index (χ4v) is 10.5. The van der Waals surface area contributed by atoms with E-state index in [2.05, 4.69) is 266 Å². The van der Waals surface area contributed by atoms with E-state index in [1.165, 1.54) is 115 Å². The zero-order valence-corrected chi connectivity index (χ0v) is 36.8. The molecule has 0 aliphatic carbocycles. The summed E-state index contributed by atoms with van der Waals surface area (Å²) < 4.78 is 2.42. The lowest BCUT2D eigenvalue weighted by Gasteiger charge is -2.15. The van der Waals surface area contributed by atoms with E-state index < -0.39 is 0 Å². The molecule has 0 aliphatic rings. The van der Waals surface area contributed by atoms with Crippen LogP contribution in [0.2, 0.25) is 0 Å². The summed E-state index contributed by atoms with van der Waals surface area (Å²) in [4.78, 5) is 0. The monoisotopic (exact) mass is 849 g/mol. The Balaban J connectivity index is 1.00. The van der Waals surface area contributed by atoms with Gasteiger partial charge in [0.05, 0.1) is 5.52 Å². The molecule has 13 rings (SSSR count). The van der Waals surface area contributed by atoms with E-state index in [4.69, 9.17) is 0 Å². The number of hydrogen-bond acceptors (Lipinski definition) is 0. The van der Waals surface area contributed by atoms with Crippen molar-refractivity contribution in [2.45, 2.75) is 0 Å². The number of rotatable bonds is 7. The third kappa shape index (κ3) is 6.80. The van der Waals surface area contributed by atoms with Gasteiger partial charge < -0.3 is 4.57 Å². The van der Waals surface area contributed by atoms with Crippen LogP contribution in [0.15, 0.2) is 261 Å². The molecule has 0 saturated heterocycles. The highest BCUT2D eigenvalue weighted by Gasteiger charge is 2.18. The van der Waals surface area contributed by atoms with Crippen LogP contribution in [0.3, 0.4) is 0 Å². The van der Waals surface area contributed by atoms with E-state index in [1.807, 2.05) is 0 Å². The minimum Gasteiger partial charge on any atom is -0.316 e. The lowest BCUT2D eigenvalue weighted by Crippen LogP contribution is -1.95. The Labute approximate surface area is 390 Å². The average Bonchev–Trinajstić information content (AvgIpc) is 3.79. The minimum atomic E-state index is 1.11. The Morgan fingerprint density at radius 1 is 0.209 bits per heavy atom. The van der Waals surface area contributed by atoms with Crippen molar-refractivity contribution in [1.29, 1.82) is 0 Å². The fraction of sp³-hybridized carbons (Fsp3) is 0. The van der Waals surface area contributed by atoms with Gasteiger partial charge in [-0.05, 0) is 135 Å². The molecule has 0 bridgehead atoms. The molecule has 13 aromatic rings. The molecule has 0 radical (unpaired) electrons. The lowest BCUT2D eigenvalue weighted by molar-refractivity contribution is 1.13. The molecule has 0 amide bonds. The molecule has 0 N–H and O–H groups in total. The zero-order chi connectivity index (χ0) is 44.3. The van der Waals surface area contributed by atoms with Crippen LogP contribution in [0.25, 0.3) is 126 Å². The Bertz CT molecular complexity index is 3900. The standard InChI is InChI=1S/C66H43N/c1-5-21-56-45(13-1)17-9-25-60(56)49-31-29-44(30-32-49)52-37-38-66-64(42-52)65(51-35-33-50(34-36-51)61-26-10-18-46-14-2-6-22-57(46)61)43-67(66)55-40-53(62-27-11-19-47-15-3-7-23-58(47)62)39-54(41-55)63-28-12-20-48-16-4-8-24-59(48)63/h1-43H. The van der Waals surface area contributed by atoms with Crippen LogP contribution in [-0.4, -0.2) is 4.57 Å². The minimum absolute atomic E-state index is 1.11. The highest BCUT2D eigenvalue weighted by atomic mass is 15.0. The molecule has 67 heavy (non-hydrogen) atoms. The lowest BCUT2D eigenvalue weighted by atomic mass is 9.92. The largest absolute Gasteiger partial charge is 0.316 e. The van der Waals surface area contributed by atoms with Crippen LogP contribution in [-0.2, 0) is 0 Å². The van der Waals surface area contributed by atoms with Crippen molar-refractivity contribution in [1.82, 2.24) is 4.57 Å². The van der Waals surface area contributed by atoms with Gasteiger partial charge in [0.2, 0.25) is 0 Å². The first-order valence-electron chi connectivity index (χ1n) is 23.1. The first-order valence-corrected chi connectivity index (χ1v) is 23.1. The van der Waals surface area contributed by atoms with E-state index in [0.717, 1.165) is 11.2 Å². The molecule has 1 heterocycles. The van der Waals surface area contributed by atoms with Crippen molar-refractivity contribution in [3.63, 3.8) is 0 Å². The molecule has 0 fully saturated rings.